The van der Waals surface area contributed by atoms with Gasteiger partial charge in [-0.15, -0.1) is 0 Å². The van der Waals surface area contributed by atoms with Crippen molar-refractivity contribution >= 4 is 17.7 Å². The average Bonchev–Trinajstić information content (AvgIpc) is 3.26. The lowest BCUT2D eigenvalue weighted by Gasteiger charge is -2.38. The first-order valence-electron chi connectivity index (χ1n) is 14.8. The van der Waals surface area contributed by atoms with Gasteiger partial charge in [0.05, 0.1) is 12.5 Å². The van der Waals surface area contributed by atoms with Crippen molar-refractivity contribution in [3.05, 3.63) is 107 Å². The molecule has 2 atom stereocenters. The second-order valence-electron chi connectivity index (χ2n) is 11.2. The molecule has 1 fully saturated rings. The molecule has 2 heterocycles. The Morgan fingerprint density at radius 2 is 1.47 bits per heavy atom. The van der Waals surface area contributed by atoms with Crippen LogP contribution < -0.4 is 0 Å². The Hall–Kier alpha value is -3.98. The lowest BCUT2D eigenvalue weighted by Crippen LogP contribution is -2.45. The average molecular weight is 592 g/mol. The first kappa shape index (κ1) is 30.5. The number of nitrogens with zero attached hydrogens (tertiary/aromatic N) is 3. The first-order chi connectivity index (χ1) is 20.7. The predicted molar refractivity (Wildman–Crippen MR) is 158 cm³/mol. The Morgan fingerprint density at radius 3 is 2.02 bits per heavy atom. The number of likely N-dealkylation sites (tertiary alicyclic amines) is 1. The molecule has 2 unspecified atom stereocenters. The van der Waals surface area contributed by atoms with Crippen LogP contribution in [-0.2, 0) is 19.9 Å². The highest BCUT2D eigenvalue weighted by Crippen LogP contribution is 2.40. The topological polar surface area (TPSA) is 62.2 Å². The number of rotatable bonds is 10. The molecular formula is C34H36F3N3O3. The fraction of sp³-hybridized carbons (Fsp3) is 0.382. The molecule has 0 radical (unpaired) electrons. The summed E-state index contributed by atoms with van der Waals surface area (Å²) in [7, 11) is 0. The van der Waals surface area contributed by atoms with E-state index in [1.165, 1.54) is 36.4 Å². The van der Waals surface area contributed by atoms with Gasteiger partial charge in [0.25, 0.3) is 5.91 Å². The number of benzene rings is 3. The minimum Gasteiger partial charge on any atom is -0.465 e. The van der Waals surface area contributed by atoms with Gasteiger partial charge in [0.2, 0.25) is 0 Å². The van der Waals surface area contributed by atoms with Crippen molar-refractivity contribution in [2.75, 3.05) is 32.8 Å². The maximum Gasteiger partial charge on any atom is 0.310 e. The highest BCUT2D eigenvalue weighted by molar-refractivity contribution is 6.09. The summed E-state index contributed by atoms with van der Waals surface area (Å²) >= 11 is 0. The predicted octanol–water partition coefficient (Wildman–Crippen LogP) is 6.06. The van der Waals surface area contributed by atoms with E-state index in [-0.39, 0.29) is 29.5 Å². The van der Waals surface area contributed by atoms with E-state index in [1.807, 2.05) is 6.92 Å². The zero-order valence-corrected chi connectivity index (χ0v) is 24.4. The minimum atomic E-state index is -1.44. The molecule has 226 valence electrons. The van der Waals surface area contributed by atoms with Gasteiger partial charge in [-0.25, -0.2) is 18.2 Å². The monoisotopic (exact) mass is 591 g/mol. The van der Waals surface area contributed by atoms with Crippen molar-refractivity contribution in [2.24, 2.45) is 10.9 Å². The quantitative estimate of drug-likeness (QED) is 0.269. The Labute approximate surface area is 250 Å². The number of carbonyl (C=O) groups is 2. The number of hydrogen-bond donors (Lipinski definition) is 0. The molecule has 1 amide bonds. The molecule has 5 rings (SSSR count). The molecule has 2 aliphatic rings. The summed E-state index contributed by atoms with van der Waals surface area (Å²) in [5.41, 5.74) is 0.492. The molecule has 9 heteroatoms. The summed E-state index contributed by atoms with van der Waals surface area (Å²) in [5, 5.41) is 0. The van der Waals surface area contributed by atoms with Gasteiger partial charge in [-0.05, 0) is 98.3 Å². The molecule has 0 aliphatic carbocycles. The molecule has 0 N–H and O–H groups in total. The van der Waals surface area contributed by atoms with Crippen LogP contribution in [0.25, 0.3) is 0 Å². The fourth-order valence-electron chi connectivity index (χ4n) is 6.21. The summed E-state index contributed by atoms with van der Waals surface area (Å²) < 4.78 is 46.7. The summed E-state index contributed by atoms with van der Waals surface area (Å²) in [6.07, 6.45) is 2.07. The maximum atomic E-state index is 14.1. The number of ether oxygens (including phenoxy) is 1. The van der Waals surface area contributed by atoms with Gasteiger partial charge >= 0.3 is 5.97 Å². The number of halogens is 3. The molecule has 0 aromatic heterocycles. The third kappa shape index (κ3) is 6.37. The van der Waals surface area contributed by atoms with Gasteiger partial charge in [-0.2, -0.15) is 0 Å². The van der Waals surface area contributed by atoms with Gasteiger partial charge < -0.3 is 9.64 Å². The van der Waals surface area contributed by atoms with Crippen molar-refractivity contribution in [3.8, 4) is 0 Å². The molecule has 6 nitrogen and oxygen atoms in total. The molecule has 2 aliphatic heterocycles. The van der Waals surface area contributed by atoms with Crippen LogP contribution in [0.5, 0.6) is 0 Å². The minimum absolute atomic E-state index is 0.0669. The van der Waals surface area contributed by atoms with Crippen LogP contribution in [0.3, 0.4) is 0 Å². The standard InChI is InChI=1S/C34H36F3N3O3/c1-3-21-43-32(41)31-22-39(20-17-30(31)24-5-11-27(35)12-6-24)18-4-19-40-23(2)38-34(33(40)42,25-7-13-28(36)14-8-25)26-9-15-29(37)16-10-26/h5-16,30-31H,3-4,17-22H2,1-2H3. The Kier molecular flexibility index (Phi) is 9.30. The largest absolute Gasteiger partial charge is 0.465 e. The van der Waals surface area contributed by atoms with E-state index in [1.54, 1.807) is 48.2 Å². The molecule has 3 aromatic carbocycles. The molecular weight excluding hydrogens is 555 g/mol. The highest BCUT2D eigenvalue weighted by atomic mass is 19.1. The van der Waals surface area contributed by atoms with Crippen molar-refractivity contribution in [1.82, 2.24) is 9.80 Å². The third-order valence-corrected chi connectivity index (χ3v) is 8.40. The van der Waals surface area contributed by atoms with Crippen LogP contribution in [0.15, 0.2) is 77.8 Å². The number of amidine groups is 1. The zero-order chi connectivity index (χ0) is 30.6. The van der Waals surface area contributed by atoms with Crippen molar-refractivity contribution in [2.45, 2.75) is 44.6 Å². The van der Waals surface area contributed by atoms with E-state index < -0.39 is 17.2 Å². The Morgan fingerprint density at radius 1 is 0.907 bits per heavy atom. The van der Waals surface area contributed by atoms with Gasteiger partial charge in [-0.1, -0.05) is 43.3 Å². The summed E-state index contributed by atoms with van der Waals surface area (Å²) in [4.78, 5) is 35.8. The normalized spacial score (nSPS) is 20.3. The van der Waals surface area contributed by atoms with Crippen LogP contribution >= 0.6 is 0 Å². The van der Waals surface area contributed by atoms with E-state index in [9.17, 15) is 22.8 Å². The smallest absolute Gasteiger partial charge is 0.310 e. The fourth-order valence-corrected chi connectivity index (χ4v) is 6.21. The third-order valence-electron chi connectivity index (χ3n) is 8.40. The second-order valence-corrected chi connectivity index (χ2v) is 11.2. The van der Waals surface area contributed by atoms with Crippen molar-refractivity contribution in [3.63, 3.8) is 0 Å². The van der Waals surface area contributed by atoms with E-state index in [2.05, 4.69) is 4.90 Å². The number of carbonyl (C=O) groups excluding carboxylic acids is 2. The lowest BCUT2D eigenvalue weighted by atomic mass is 9.80. The van der Waals surface area contributed by atoms with E-state index >= 15 is 0 Å². The molecule has 0 spiro atoms. The SMILES string of the molecule is CCCOC(=O)C1CN(CCCN2C(=O)C(c3ccc(F)cc3)(c3ccc(F)cc3)N=C2C)CCC1c1ccc(F)cc1. The molecule has 1 saturated heterocycles. The van der Waals surface area contributed by atoms with Crippen molar-refractivity contribution < 1.29 is 27.5 Å². The number of esters is 1. The van der Waals surface area contributed by atoms with E-state index in [0.29, 0.717) is 49.6 Å². The van der Waals surface area contributed by atoms with Gasteiger partial charge in [-0.3, -0.25) is 14.5 Å². The van der Waals surface area contributed by atoms with Crippen LogP contribution in [0.1, 0.15) is 55.7 Å². The lowest BCUT2D eigenvalue weighted by molar-refractivity contribution is -0.151. The van der Waals surface area contributed by atoms with Crippen LogP contribution in [0.2, 0.25) is 0 Å². The van der Waals surface area contributed by atoms with Crippen molar-refractivity contribution in [1.29, 1.82) is 0 Å². The Balaban J connectivity index is 1.29. The highest BCUT2D eigenvalue weighted by Gasteiger charge is 2.50. The first-order valence-corrected chi connectivity index (χ1v) is 14.8. The number of hydrogen-bond acceptors (Lipinski definition) is 5. The molecule has 43 heavy (non-hydrogen) atoms. The number of aliphatic imine (C=N–C) groups is 1. The van der Waals surface area contributed by atoms with Gasteiger partial charge in [0, 0.05) is 13.1 Å². The summed E-state index contributed by atoms with van der Waals surface area (Å²) in [5.74, 6) is -1.63. The number of amides is 1. The molecule has 0 saturated carbocycles. The van der Waals surface area contributed by atoms with Crippen LogP contribution in [0, 0.1) is 23.4 Å². The summed E-state index contributed by atoms with van der Waals surface area (Å²) in [6, 6.07) is 17.7. The van der Waals surface area contributed by atoms with Crippen LogP contribution in [-0.4, -0.2) is 60.3 Å². The van der Waals surface area contributed by atoms with Gasteiger partial charge in [0.1, 0.15) is 23.3 Å². The summed E-state index contributed by atoms with van der Waals surface area (Å²) in [6.45, 7) is 6.35. The molecule has 0 bridgehead atoms. The van der Waals surface area contributed by atoms with E-state index in [4.69, 9.17) is 9.73 Å². The van der Waals surface area contributed by atoms with Gasteiger partial charge in [0.15, 0.2) is 5.54 Å². The Bertz CT molecular complexity index is 1410. The maximum absolute atomic E-state index is 14.1. The van der Waals surface area contributed by atoms with E-state index in [0.717, 1.165) is 24.9 Å². The van der Waals surface area contributed by atoms with Crippen LogP contribution in [0.4, 0.5) is 13.2 Å². The number of piperidine rings is 1. The zero-order valence-electron chi connectivity index (χ0n) is 24.4. The molecule has 3 aromatic rings. The second kappa shape index (κ2) is 13.1.